The molecule has 1 aromatic heterocycles. The van der Waals surface area contributed by atoms with E-state index in [9.17, 15) is 4.79 Å². The normalized spacial score (nSPS) is 10.9. The standard InChI is InChI=1S/C17H16N6O2/c1-25-13-9-5-8-12(10-13)20-21-14-15(18)22-23(16(14)19)17(24)11-6-3-2-4-7-11/h2-10H,19H2,1H3,(H2,18,22). The van der Waals surface area contributed by atoms with E-state index in [1.165, 1.54) is 0 Å². The molecule has 0 aliphatic rings. The number of ether oxygens (including phenoxy) is 1. The van der Waals surface area contributed by atoms with Crippen molar-refractivity contribution < 1.29 is 9.53 Å². The van der Waals surface area contributed by atoms with Gasteiger partial charge in [-0.05, 0) is 24.3 Å². The molecular formula is C17H16N6O2. The van der Waals surface area contributed by atoms with Crippen LogP contribution >= 0.6 is 0 Å². The summed E-state index contributed by atoms with van der Waals surface area (Å²) >= 11 is 0. The first kappa shape index (κ1) is 16.2. The number of nitrogens with zero attached hydrogens (tertiary/aromatic N) is 4. The molecule has 3 aromatic rings. The maximum absolute atomic E-state index is 12.5. The molecule has 3 rings (SSSR count). The summed E-state index contributed by atoms with van der Waals surface area (Å²) in [6.45, 7) is 0. The van der Waals surface area contributed by atoms with Gasteiger partial charge in [-0.1, -0.05) is 24.3 Å². The molecule has 0 aliphatic carbocycles. The molecule has 0 saturated heterocycles. The SMILES string of the molecule is COc1cccc(N=Nc2c(N)nn(C(=O)c3ccccc3)c2N)c1. The summed E-state index contributed by atoms with van der Waals surface area (Å²) in [5.41, 5.74) is 13.0. The van der Waals surface area contributed by atoms with Gasteiger partial charge >= 0.3 is 0 Å². The Morgan fingerprint density at radius 2 is 1.84 bits per heavy atom. The summed E-state index contributed by atoms with van der Waals surface area (Å²) in [6, 6.07) is 15.7. The summed E-state index contributed by atoms with van der Waals surface area (Å²) in [5.74, 6) is 0.298. The molecule has 0 saturated carbocycles. The smallest absolute Gasteiger partial charge is 0.280 e. The lowest BCUT2D eigenvalue weighted by Gasteiger charge is -2.02. The Labute approximate surface area is 143 Å². The second-order valence-electron chi connectivity index (χ2n) is 5.10. The molecule has 0 bridgehead atoms. The lowest BCUT2D eigenvalue weighted by molar-refractivity contribution is 0.0948. The van der Waals surface area contributed by atoms with Gasteiger partial charge in [0.15, 0.2) is 17.3 Å². The van der Waals surface area contributed by atoms with Gasteiger partial charge in [0.2, 0.25) is 0 Å². The number of carbonyl (C=O) groups is 1. The van der Waals surface area contributed by atoms with Crippen LogP contribution in [0.4, 0.5) is 23.0 Å². The van der Waals surface area contributed by atoms with Gasteiger partial charge in [0.1, 0.15) is 5.75 Å². The number of hydrogen-bond donors (Lipinski definition) is 2. The molecule has 8 heteroatoms. The molecule has 8 nitrogen and oxygen atoms in total. The van der Waals surface area contributed by atoms with Crippen LogP contribution in [-0.2, 0) is 0 Å². The van der Waals surface area contributed by atoms with E-state index >= 15 is 0 Å². The van der Waals surface area contributed by atoms with Crippen LogP contribution in [0, 0.1) is 0 Å². The van der Waals surface area contributed by atoms with Crippen molar-refractivity contribution in [2.24, 2.45) is 10.2 Å². The van der Waals surface area contributed by atoms with E-state index in [0.29, 0.717) is 17.0 Å². The fourth-order valence-electron chi connectivity index (χ4n) is 2.18. The molecule has 0 radical (unpaired) electrons. The molecule has 0 unspecified atom stereocenters. The molecule has 0 aliphatic heterocycles. The minimum atomic E-state index is -0.396. The molecular weight excluding hydrogens is 320 g/mol. The first-order valence-corrected chi connectivity index (χ1v) is 7.39. The van der Waals surface area contributed by atoms with Crippen molar-refractivity contribution >= 4 is 28.9 Å². The predicted molar refractivity (Wildman–Crippen MR) is 94.4 cm³/mol. The van der Waals surface area contributed by atoms with Crippen LogP contribution in [0.5, 0.6) is 5.75 Å². The van der Waals surface area contributed by atoms with Gasteiger partial charge in [-0.3, -0.25) is 4.79 Å². The average molecular weight is 336 g/mol. The van der Waals surface area contributed by atoms with Gasteiger partial charge in [0, 0.05) is 11.6 Å². The Bertz CT molecular complexity index is 934. The summed E-state index contributed by atoms with van der Waals surface area (Å²) in [4.78, 5) is 12.5. The van der Waals surface area contributed by atoms with Crippen LogP contribution in [-0.4, -0.2) is 22.8 Å². The Morgan fingerprint density at radius 1 is 1.08 bits per heavy atom. The van der Waals surface area contributed by atoms with Crippen LogP contribution in [0.1, 0.15) is 10.4 Å². The number of hydrogen-bond acceptors (Lipinski definition) is 7. The van der Waals surface area contributed by atoms with E-state index in [0.717, 1.165) is 4.68 Å². The van der Waals surface area contributed by atoms with Gasteiger partial charge < -0.3 is 16.2 Å². The average Bonchev–Trinajstić information content (AvgIpc) is 2.94. The number of carbonyl (C=O) groups excluding carboxylic acids is 1. The lowest BCUT2D eigenvalue weighted by atomic mass is 10.2. The highest BCUT2D eigenvalue weighted by Crippen LogP contribution is 2.31. The Kier molecular flexibility index (Phi) is 4.42. The molecule has 25 heavy (non-hydrogen) atoms. The second kappa shape index (κ2) is 6.83. The van der Waals surface area contributed by atoms with Crippen LogP contribution in [0.3, 0.4) is 0 Å². The van der Waals surface area contributed by atoms with Crippen LogP contribution < -0.4 is 16.2 Å². The van der Waals surface area contributed by atoms with E-state index in [2.05, 4.69) is 15.3 Å². The highest BCUT2D eigenvalue weighted by Gasteiger charge is 2.19. The zero-order valence-corrected chi connectivity index (χ0v) is 13.5. The number of rotatable bonds is 4. The first-order valence-electron chi connectivity index (χ1n) is 7.39. The zero-order chi connectivity index (χ0) is 17.8. The van der Waals surface area contributed by atoms with E-state index in [1.807, 2.05) is 6.07 Å². The minimum Gasteiger partial charge on any atom is -0.497 e. The van der Waals surface area contributed by atoms with Crippen LogP contribution in [0.25, 0.3) is 0 Å². The third-order valence-corrected chi connectivity index (χ3v) is 3.45. The zero-order valence-electron chi connectivity index (χ0n) is 13.5. The van der Waals surface area contributed by atoms with Gasteiger partial charge in [-0.2, -0.15) is 9.80 Å². The minimum absolute atomic E-state index is 0.0217. The molecule has 0 atom stereocenters. The third kappa shape index (κ3) is 3.32. The molecule has 4 N–H and O–H groups in total. The van der Waals surface area contributed by atoms with Gasteiger partial charge in [-0.15, -0.1) is 10.2 Å². The fourth-order valence-corrected chi connectivity index (χ4v) is 2.18. The Hall–Kier alpha value is -3.68. The quantitative estimate of drug-likeness (QED) is 0.709. The summed E-state index contributed by atoms with van der Waals surface area (Å²) in [7, 11) is 1.56. The first-order chi connectivity index (χ1) is 12.1. The van der Waals surface area contributed by atoms with Crippen molar-refractivity contribution in [2.45, 2.75) is 0 Å². The highest BCUT2D eigenvalue weighted by atomic mass is 16.5. The Balaban J connectivity index is 1.92. The van der Waals surface area contributed by atoms with Gasteiger partial charge in [0.05, 0.1) is 12.8 Å². The summed E-state index contributed by atoms with van der Waals surface area (Å²) < 4.78 is 6.15. The fraction of sp³-hybridized carbons (Fsp3) is 0.0588. The third-order valence-electron chi connectivity index (χ3n) is 3.45. The number of anilines is 2. The number of benzene rings is 2. The van der Waals surface area contributed by atoms with Crippen molar-refractivity contribution in [3.63, 3.8) is 0 Å². The molecule has 1 heterocycles. The number of nitrogens with two attached hydrogens (primary N) is 2. The summed E-state index contributed by atoms with van der Waals surface area (Å²) in [5, 5.41) is 12.1. The van der Waals surface area contributed by atoms with Crippen molar-refractivity contribution in [2.75, 3.05) is 18.6 Å². The van der Waals surface area contributed by atoms with E-state index in [-0.39, 0.29) is 17.3 Å². The van der Waals surface area contributed by atoms with Crippen molar-refractivity contribution in [1.29, 1.82) is 0 Å². The van der Waals surface area contributed by atoms with Gasteiger partial charge in [-0.25, -0.2) is 0 Å². The molecule has 0 spiro atoms. The summed E-state index contributed by atoms with van der Waals surface area (Å²) in [6.07, 6.45) is 0. The molecule has 0 fully saturated rings. The Morgan fingerprint density at radius 3 is 2.56 bits per heavy atom. The monoisotopic (exact) mass is 336 g/mol. The van der Waals surface area contributed by atoms with Crippen molar-refractivity contribution in [3.05, 3.63) is 60.2 Å². The topological polar surface area (TPSA) is 121 Å². The maximum atomic E-state index is 12.5. The molecule has 2 aromatic carbocycles. The second-order valence-corrected chi connectivity index (χ2v) is 5.10. The number of aromatic nitrogens is 2. The lowest BCUT2D eigenvalue weighted by Crippen LogP contribution is -2.16. The van der Waals surface area contributed by atoms with Gasteiger partial charge in [0.25, 0.3) is 5.91 Å². The van der Waals surface area contributed by atoms with E-state index in [4.69, 9.17) is 16.2 Å². The highest BCUT2D eigenvalue weighted by molar-refractivity contribution is 5.99. The van der Waals surface area contributed by atoms with Crippen molar-refractivity contribution in [3.8, 4) is 5.75 Å². The molecule has 126 valence electrons. The van der Waals surface area contributed by atoms with E-state index in [1.54, 1.807) is 55.6 Å². The van der Waals surface area contributed by atoms with Crippen molar-refractivity contribution in [1.82, 2.24) is 9.78 Å². The maximum Gasteiger partial charge on any atom is 0.280 e. The number of nitrogen functional groups attached to an aromatic ring is 2. The predicted octanol–water partition coefficient (Wildman–Crippen LogP) is 3.16. The molecule has 0 amide bonds. The number of methoxy groups -OCH3 is 1. The van der Waals surface area contributed by atoms with Crippen LogP contribution in [0.15, 0.2) is 64.8 Å². The van der Waals surface area contributed by atoms with Crippen LogP contribution in [0.2, 0.25) is 0 Å². The number of azo groups is 1. The largest absolute Gasteiger partial charge is 0.497 e. The van der Waals surface area contributed by atoms with E-state index < -0.39 is 5.91 Å².